The predicted molar refractivity (Wildman–Crippen MR) is 74.8 cm³/mol. The molecule has 3 nitrogen and oxygen atoms in total. The van der Waals surface area contributed by atoms with Crippen LogP contribution < -0.4 is 0 Å². The number of aliphatic hydroxyl groups excluding tert-OH is 1. The fraction of sp³-hybridized carbons (Fsp3) is 0.938. The molecule has 1 heterocycles. The quantitative estimate of drug-likeness (QED) is 0.849. The lowest BCUT2D eigenvalue weighted by atomic mass is 9.79. The minimum absolute atomic E-state index is 0.0829. The topological polar surface area (TPSA) is 40.5 Å². The molecule has 5 unspecified atom stereocenters. The maximum atomic E-state index is 12.1. The van der Waals surface area contributed by atoms with E-state index in [0.29, 0.717) is 17.6 Å². The number of nitrogens with zero attached hydrogens (tertiary/aromatic N) is 1. The molecule has 1 saturated heterocycles. The molecule has 1 aliphatic heterocycles. The van der Waals surface area contributed by atoms with Gasteiger partial charge in [0.25, 0.3) is 0 Å². The summed E-state index contributed by atoms with van der Waals surface area (Å²) in [6.45, 7) is 5.33. The lowest BCUT2D eigenvalue weighted by molar-refractivity contribution is -0.126. The summed E-state index contributed by atoms with van der Waals surface area (Å²) in [6.07, 6.45) is 6.31. The van der Waals surface area contributed by atoms with Gasteiger partial charge in [-0.1, -0.05) is 13.3 Å². The van der Waals surface area contributed by atoms with Gasteiger partial charge in [-0.05, 0) is 37.5 Å². The molecule has 0 radical (unpaired) electrons. The Morgan fingerprint density at radius 2 is 2.11 bits per heavy atom. The molecule has 0 aromatic rings. The average molecular weight is 265 g/mol. The minimum Gasteiger partial charge on any atom is -0.393 e. The van der Waals surface area contributed by atoms with Crippen molar-refractivity contribution in [2.45, 2.75) is 51.6 Å². The van der Waals surface area contributed by atoms with E-state index in [4.69, 9.17) is 0 Å². The lowest BCUT2D eigenvalue weighted by Crippen LogP contribution is -2.36. The number of carbonyl (C=O) groups excluding carboxylic acids is 1. The zero-order chi connectivity index (χ0) is 13.4. The molecule has 0 aromatic carbocycles. The number of Topliss-reactive ketones (excluding diaryl/α,β-unsaturated/α-hetero) is 1. The molecule has 0 spiro atoms. The summed E-state index contributed by atoms with van der Waals surface area (Å²) in [5.41, 5.74) is 0. The third kappa shape index (κ3) is 2.73. The molecule has 3 fully saturated rings. The molecule has 1 N–H and O–H groups in total. The number of carbonyl (C=O) groups is 1. The first-order valence-corrected chi connectivity index (χ1v) is 8.10. The third-order valence-corrected chi connectivity index (χ3v) is 5.82. The Kier molecular flexibility index (Phi) is 3.95. The summed E-state index contributed by atoms with van der Waals surface area (Å²) in [7, 11) is 0. The molecular formula is C16H27NO2. The summed E-state index contributed by atoms with van der Waals surface area (Å²) in [6, 6.07) is 0. The van der Waals surface area contributed by atoms with Crippen molar-refractivity contribution in [1.29, 1.82) is 0 Å². The average Bonchev–Trinajstić information content (AvgIpc) is 2.95. The van der Waals surface area contributed by atoms with E-state index in [0.717, 1.165) is 51.2 Å². The van der Waals surface area contributed by atoms with E-state index >= 15 is 0 Å². The molecule has 0 aromatic heterocycles. The highest BCUT2D eigenvalue weighted by Crippen LogP contribution is 2.39. The van der Waals surface area contributed by atoms with E-state index in [9.17, 15) is 9.90 Å². The van der Waals surface area contributed by atoms with Crippen LogP contribution in [0.2, 0.25) is 0 Å². The second-order valence-corrected chi connectivity index (χ2v) is 7.00. The van der Waals surface area contributed by atoms with Crippen molar-refractivity contribution < 1.29 is 9.90 Å². The molecule has 3 rings (SSSR count). The van der Waals surface area contributed by atoms with Gasteiger partial charge in [0.2, 0.25) is 0 Å². The number of ketones is 1. The minimum atomic E-state index is -0.0829. The van der Waals surface area contributed by atoms with Gasteiger partial charge in [-0.2, -0.15) is 0 Å². The SMILES string of the molecule is CCC1CCC(=O)C(CN2CC3CCC(O)C3C2)C1. The van der Waals surface area contributed by atoms with Gasteiger partial charge in [0.1, 0.15) is 5.78 Å². The van der Waals surface area contributed by atoms with E-state index in [1.165, 1.54) is 12.8 Å². The fourth-order valence-electron chi connectivity index (χ4n) is 4.54. The Bertz CT molecular complexity index is 344. The summed E-state index contributed by atoms with van der Waals surface area (Å²) in [5.74, 6) is 2.70. The zero-order valence-electron chi connectivity index (χ0n) is 12.1. The van der Waals surface area contributed by atoms with Gasteiger partial charge in [-0.15, -0.1) is 0 Å². The number of aliphatic hydroxyl groups is 1. The summed E-state index contributed by atoms with van der Waals surface area (Å²) in [5, 5.41) is 9.96. The van der Waals surface area contributed by atoms with Crippen LogP contribution in [0.15, 0.2) is 0 Å². The molecule has 2 saturated carbocycles. The van der Waals surface area contributed by atoms with E-state index < -0.39 is 0 Å². The smallest absolute Gasteiger partial charge is 0.137 e. The molecule has 19 heavy (non-hydrogen) atoms. The monoisotopic (exact) mass is 265 g/mol. The largest absolute Gasteiger partial charge is 0.393 e. The number of hydrogen-bond donors (Lipinski definition) is 1. The van der Waals surface area contributed by atoms with Crippen LogP contribution in [0.4, 0.5) is 0 Å². The Morgan fingerprint density at radius 3 is 2.84 bits per heavy atom. The van der Waals surface area contributed by atoms with E-state index in [-0.39, 0.29) is 12.0 Å². The van der Waals surface area contributed by atoms with Gasteiger partial charge in [-0.25, -0.2) is 0 Å². The van der Waals surface area contributed by atoms with Crippen LogP contribution in [0, 0.1) is 23.7 Å². The van der Waals surface area contributed by atoms with Crippen molar-refractivity contribution in [1.82, 2.24) is 4.90 Å². The van der Waals surface area contributed by atoms with E-state index in [1.807, 2.05) is 0 Å². The van der Waals surface area contributed by atoms with Crippen molar-refractivity contribution in [3.8, 4) is 0 Å². The normalized spacial score (nSPS) is 43.7. The Balaban J connectivity index is 1.55. The highest BCUT2D eigenvalue weighted by molar-refractivity contribution is 5.81. The van der Waals surface area contributed by atoms with Gasteiger partial charge in [0, 0.05) is 37.9 Å². The second-order valence-electron chi connectivity index (χ2n) is 7.00. The maximum absolute atomic E-state index is 12.1. The number of likely N-dealkylation sites (tertiary alicyclic amines) is 1. The van der Waals surface area contributed by atoms with Gasteiger partial charge in [0.15, 0.2) is 0 Å². The second kappa shape index (κ2) is 5.53. The Morgan fingerprint density at radius 1 is 1.26 bits per heavy atom. The highest BCUT2D eigenvalue weighted by atomic mass is 16.3. The van der Waals surface area contributed by atoms with Crippen LogP contribution in [0.3, 0.4) is 0 Å². The predicted octanol–water partition coefficient (Wildman–Crippen LogP) is 2.08. The lowest BCUT2D eigenvalue weighted by Gasteiger charge is -2.30. The van der Waals surface area contributed by atoms with E-state index in [2.05, 4.69) is 11.8 Å². The van der Waals surface area contributed by atoms with Crippen LogP contribution >= 0.6 is 0 Å². The van der Waals surface area contributed by atoms with Gasteiger partial charge >= 0.3 is 0 Å². The number of hydrogen-bond acceptors (Lipinski definition) is 3. The van der Waals surface area contributed by atoms with Gasteiger partial charge in [0.05, 0.1) is 6.10 Å². The van der Waals surface area contributed by atoms with Gasteiger partial charge < -0.3 is 10.0 Å². The Hall–Kier alpha value is -0.410. The van der Waals surface area contributed by atoms with Crippen LogP contribution in [0.25, 0.3) is 0 Å². The van der Waals surface area contributed by atoms with Crippen LogP contribution in [-0.4, -0.2) is 41.5 Å². The van der Waals surface area contributed by atoms with Crippen molar-refractivity contribution >= 4 is 5.78 Å². The highest BCUT2D eigenvalue weighted by Gasteiger charge is 2.42. The number of rotatable bonds is 3. The standard InChI is InChI=1S/C16H27NO2/c1-2-11-3-5-15(18)13(7-11)9-17-8-12-4-6-16(19)14(12)10-17/h11-14,16,19H,2-10H2,1H3. The molecule has 5 atom stereocenters. The molecule has 3 heteroatoms. The Labute approximate surface area is 116 Å². The maximum Gasteiger partial charge on any atom is 0.137 e. The molecule has 2 aliphatic carbocycles. The summed E-state index contributed by atoms with van der Waals surface area (Å²) >= 11 is 0. The summed E-state index contributed by atoms with van der Waals surface area (Å²) < 4.78 is 0. The first-order valence-electron chi connectivity index (χ1n) is 8.10. The van der Waals surface area contributed by atoms with E-state index in [1.54, 1.807) is 0 Å². The first-order chi connectivity index (χ1) is 9.17. The van der Waals surface area contributed by atoms with Crippen molar-refractivity contribution in [2.75, 3.05) is 19.6 Å². The summed E-state index contributed by atoms with van der Waals surface area (Å²) in [4.78, 5) is 14.5. The van der Waals surface area contributed by atoms with Crippen LogP contribution in [-0.2, 0) is 4.79 Å². The van der Waals surface area contributed by atoms with Gasteiger partial charge in [-0.3, -0.25) is 4.79 Å². The number of fused-ring (bicyclic) bond motifs is 1. The van der Waals surface area contributed by atoms with Crippen molar-refractivity contribution in [3.05, 3.63) is 0 Å². The van der Waals surface area contributed by atoms with Crippen molar-refractivity contribution in [2.24, 2.45) is 23.7 Å². The van der Waals surface area contributed by atoms with Crippen LogP contribution in [0.1, 0.15) is 45.4 Å². The first kappa shape index (κ1) is 13.6. The van der Waals surface area contributed by atoms with Crippen LogP contribution in [0.5, 0.6) is 0 Å². The fourth-order valence-corrected chi connectivity index (χ4v) is 4.54. The molecule has 0 bridgehead atoms. The molecule has 3 aliphatic rings. The molecule has 108 valence electrons. The third-order valence-electron chi connectivity index (χ3n) is 5.82. The molecular weight excluding hydrogens is 238 g/mol. The zero-order valence-corrected chi connectivity index (χ0v) is 12.1. The molecule has 0 amide bonds. The van der Waals surface area contributed by atoms with Crippen molar-refractivity contribution in [3.63, 3.8) is 0 Å².